The zero-order chi connectivity index (χ0) is 15.1. The van der Waals surface area contributed by atoms with Crippen LogP contribution in [0.4, 0.5) is 0 Å². The molecule has 2 aliphatic heterocycles. The molecule has 1 amide bonds. The maximum absolute atomic E-state index is 12.3. The molecular weight excluding hydrogens is 262 g/mol. The van der Waals surface area contributed by atoms with Crippen molar-refractivity contribution in [2.24, 2.45) is 11.8 Å². The molecule has 2 heterocycles. The fourth-order valence-corrected chi connectivity index (χ4v) is 3.32. The molecule has 1 N–H and O–H groups in total. The molecule has 2 fully saturated rings. The molecule has 0 aromatic rings. The minimum Gasteiger partial charge on any atom is -0.340 e. The van der Waals surface area contributed by atoms with Crippen molar-refractivity contribution in [1.29, 1.82) is 0 Å². The average molecular weight is 295 g/mol. The third-order valence-corrected chi connectivity index (χ3v) is 4.91. The molecule has 0 saturated carbocycles. The fourth-order valence-electron chi connectivity index (χ4n) is 3.32. The van der Waals surface area contributed by atoms with E-state index < -0.39 is 0 Å². The highest BCUT2D eigenvalue weighted by molar-refractivity contribution is 5.76. The van der Waals surface area contributed by atoms with E-state index in [9.17, 15) is 4.79 Å². The monoisotopic (exact) mass is 295 g/mol. The number of nitrogens with one attached hydrogen (secondary N) is 1. The van der Waals surface area contributed by atoms with Crippen molar-refractivity contribution in [1.82, 2.24) is 15.1 Å². The fraction of sp³-hybridized carbons (Fsp3) is 0.941. The number of hydrogen-bond acceptors (Lipinski definition) is 3. The van der Waals surface area contributed by atoms with E-state index in [1.54, 1.807) is 0 Å². The second-order valence-electron chi connectivity index (χ2n) is 7.16. The van der Waals surface area contributed by atoms with Crippen LogP contribution in [0, 0.1) is 11.8 Å². The van der Waals surface area contributed by atoms with E-state index in [2.05, 4.69) is 29.0 Å². The third-order valence-electron chi connectivity index (χ3n) is 4.91. The molecule has 0 radical (unpaired) electrons. The van der Waals surface area contributed by atoms with Gasteiger partial charge in [-0.2, -0.15) is 0 Å². The van der Waals surface area contributed by atoms with Crippen LogP contribution < -0.4 is 5.32 Å². The van der Waals surface area contributed by atoms with Crippen molar-refractivity contribution >= 4 is 5.91 Å². The van der Waals surface area contributed by atoms with Gasteiger partial charge in [0.1, 0.15) is 0 Å². The Balaban J connectivity index is 1.61. The van der Waals surface area contributed by atoms with Crippen molar-refractivity contribution in [3.63, 3.8) is 0 Å². The van der Waals surface area contributed by atoms with Crippen LogP contribution in [0.1, 0.15) is 46.0 Å². The Morgan fingerprint density at radius 2 is 2.00 bits per heavy atom. The third kappa shape index (κ3) is 5.95. The van der Waals surface area contributed by atoms with E-state index in [0.29, 0.717) is 5.91 Å². The number of nitrogens with zero attached hydrogens (tertiary/aromatic N) is 2. The highest BCUT2D eigenvalue weighted by atomic mass is 16.2. The highest BCUT2D eigenvalue weighted by Crippen LogP contribution is 2.17. The molecule has 0 aliphatic carbocycles. The molecule has 0 aromatic carbocycles. The van der Waals surface area contributed by atoms with E-state index in [1.807, 2.05) is 0 Å². The van der Waals surface area contributed by atoms with Gasteiger partial charge in [0.25, 0.3) is 0 Å². The largest absolute Gasteiger partial charge is 0.340 e. The van der Waals surface area contributed by atoms with Gasteiger partial charge < -0.3 is 10.2 Å². The molecule has 1 atom stereocenters. The lowest BCUT2D eigenvalue weighted by atomic mass is 9.94. The minimum absolute atomic E-state index is 0.379. The van der Waals surface area contributed by atoms with Crippen molar-refractivity contribution < 1.29 is 4.79 Å². The van der Waals surface area contributed by atoms with Gasteiger partial charge in [0.2, 0.25) is 5.91 Å². The molecule has 0 bridgehead atoms. The Bertz CT molecular complexity index is 305. The van der Waals surface area contributed by atoms with Crippen LogP contribution in [0.15, 0.2) is 0 Å². The zero-order valence-corrected chi connectivity index (χ0v) is 13.9. The van der Waals surface area contributed by atoms with Gasteiger partial charge in [-0.05, 0) is 57.2 Å². The first-order chi connectivity index (χ1) is 10.1. The predicted molar refractivity (Wildman–Crippen MR) is 87.3 cm³/mol. The number of piperazine rings is 1. The van der Waals surface area contributed by atoms with Crippen molar-refractivity contribution in [2.45, 2.75) is 46.0 Å². The quantitative estimate of drug-likeness (QED) is 0.813. The minimum atomic E-state index is 0.379. The average Bonchev–Trinajstić information content (AvgIpc) is 2.52. The summed E-state index contributed by atoms with van der Waals surface area (Å²) in [5.41, 5.74) is 0. The van der Waals surface area contributed by atoms with Gasteiger partial charge in [-0.3, -0.25) is 9.69 Å². The second kappa shape index (κ2) is 8.74. The summed E-state index contributed by atoms with van der Waals surface area (Å²) in [5.74, 6) is 1.87. The van der Waals surface area contributed by atoms with Gasteiger partial charge in [-0.15, -0.1) is 0 Å². The van der Waals surface area contributed by atoms with Crippen molar-refractivity contribution in [3.8, 4) is 0 Å². The van der Waals surface area contributed by atoms with E-state index >= 15 is 0 Å². The van der Waals surface area contributed by atoms with Gasteiger partial charge in [-0.25, -0.2) is 0 Å². The number of rotatable bonds is 6. The number of carbonyl (C=O) groups excluding carboxylic acids is 1. The Morgan fingerprint density at radius 1 is 1.24 bits per heavy atom. The molecule has 4 heteroatoms. The normalized spacial score (nSPS) is 24.5. The van der Waals surface area contributed by atoms with Gasteiger partial charge in [0.15, 0.2) is 0 Å². The summed E-state index contributed by atoms with van der Waals surface area (Å²) in [7, 11) is 0. The summed E-state index contributed by atoms with van der Waals surface area (Å²) < 4.78 is 0. The molecular formula is C17H33N3O. The molecule has 0 aromatic heterocycles. The molecule has 4 nitrogen and oxygen atoms in total. The van der Waals surface area contributed by atoms with Crippen LogP contribution in [0.5, 0.6) is 0 Å². The maximum Gasteiger partial charge on any atom is 0.222 e. The lowest BCUT2D eigenvalue weighted by molar-refractivity contribution is -0.133. The Morgan fingerprint density at radius 3 is 2.62 bits per heavy atom. The molecule has 21 heavy (non-hydrogen) atoms. The van der Waals surface area contributed by atoms with Crippen LogP contribution in [0.25, 0.3) is 0 Å². The van der Waals surface area contributed by atoms with E-state index in [1.165, 1.54) is 25.8 Å². The van der Waals surface area contributed by atoms with Gasteiger partial charge in [-0.1, -0.05) is 13.8 Å². The Labute approximate surface area is 130 Å². The van der Waals surface area contributed by atoms with Gasteiger partial charge >= 0.3 is 0 Å². The number of carbonyl (C=O) groups is 1. The van der Waals surface area contributed by atoms with Crippen LogP contribution >= 0.6 is 0 Å². The molecule has 2 aliphatic rings. The maximum atomic E-state index is 12.3. The summed E-state index contributed by atoms with van der Waals surface area (Å²) in [5, 5.41) is 3.44. The van der Waals surface area contributed by atoms with Crippen LogP contribution in [-0.4, -0.2) is 61.5 Å². The van der Waals surface area contributed by atoms with Crippen molar-refractivity contribution in [3.05, 3.63) is 0 Å². The van der Waals surface area contributed by atoms with E-state index in [4.69, 9.17) is 0 Å². The summed E-state index contributed by atoms with van der Waals surface area (Å²) >= 11 is 0. The number of hydrogen-bond donors (Lipinski definition) is 1. The first-order valence-electron chi connectivity index (χ1n) is 8.86. The predicted octanol–water partition coefficient (Wildman–Crippen LogP) is 1.96. The van der Waals surface area contributed by atoms with Crippen molar-refractivity contribution in [2.75, 3.05) is 45.8 Å². The smallest absolute Gasteiger partial charge is 0.222 e. The highest BCUT2D eigenvalue weighted by Gasteiger charge is 2.22. The molecule has 122 valence electrons. The SMILES string of the molecule is CC(C)CCN1CCN(C(=O)CCC2CCCNC2)CC1. The van der Waals surface area contributed by atoms with Crippen LogP contribution in [0.2, 0.25) is 0 Å². The standard InChI is InChI=1S/C17H33N3O/c1-15(2)7-9-19-10-12-20(13-11-19)17(21)6-5-16-4-3-8-18-14-16/h15-16,18H,3-14H2,1-2H3. The van der Waals surface area contributed by atoms with E-state index in [0.717, 1.165) is 63.9 Å². The molecule has 2 rings (SSSR count). The first-order valence-corrected chi connectivity index (χ1v) is 8.86. The lowest BCUT2D eigenvalue weighted by Gasteiger charge is -2.35. The Kier molecular flexibility index (Phi) is 6.97. The summed E-state index contributed by atoms with van der Waals surface area (Å²) in [6.07, 6.45) is 5.65. The lowest BCUT2D eigenvalue weighted by Crippen LogP contribution is -2.49. The Hall–Kier alpha value is -0.610. The second-order valence-corrected chi connectivity index (χ2v) is 7.16. The van der Waals surface area contributed by atoms with Crippen LogP contribution in [-0.2, 0) is 4.79 Å². The topological polar surface area (TPSA) is 35.6 Å². The van der Waals surface area contributed by atoms with Crippen LogP contribution in [0.3, 0.4) is 0 Å². The zero-order valence-electron chi connectivity index (χ0n) is 13.9. The number of piperidine rings is 1. The summed E-state index contributed by atoms with van der Waals surface area (Å²) in [6, 6.07) is 0. The number of amides is 1. The molecule has 2 saturated heterocycles. The summed E-state index contributed by atoms with van der Waals surface area (Å²) in [4.78, 5) is 16.9. The molecule has 1 unspecified atom stereocenters. The summed E-state index contributed by atoms with van der Waals surface area (Å²) in [6.45, 7) is 12.0. The molecule has 0 spiro atoms. The first kappa shape index (κ1) is 16.8. The van der Waals surface area contributed by atoms with E-state index in [-0.39, 0.29) is 0 Å². The van der Waals surface area contributed by atoms with Gasteiger partial charge in [0, 0.05) is 32.6 Å². The van der Waals surface area contributed by atoms with Gasteiger partial charge in [0.05, 0.1) is 0 Å².